The molecular formula is C14H25NO4. The number of carbonyl (C=O) groups excluding carboxylic acids is 1. The highest BCUT2D eigenvalue weighted by atomic mass is 16.5. The molecule has 0 atom stereocenters. The molecule has 1 amide bonds. The fraction of sp³-hybridized carbons (Fsp3) is 0.857. The third kappa shape index (κ3) is 4.82. The molecule has 19 heavy (non-hydrogen) atoms. The lowest BCUT2D eigenvalue weighted by Crippen LogP contribution is -2.57. The highest BCUT2D eigenvalue weighted by Crippen LogP contribution is 2.32. The Balaban J connectivity index is 2.59. The van der Waals surface area contributed by atoms with E-state index in [1.807, 2.05) is 20.8 Å². The fourth-order valence-corrected chi connectivity index (χ4v) is 2.23. The average Bonchev–Trinajstić information content (AvgIpc) is 2.29. The van der Waals surface area contributed by atoms with Crippen molar-refractivity contribution in [2.45, 2.75) is 64.5 Å². The number of amides is 1. The molecule has 0 bridgehead atoms. The molecule has 1 aliphatic carbocycles. The Hall–Kier alpha value is -1.10. The van der Waals surface area contributed by atoms with Crippen molar-refractivity contribution in [1.29, 1.82) is 0 Å². The minimum Gasteiger partial charge on any atom is -0.480 e. The highest BCUT2D eigenvalue weighted by Gasteiger charge is 2.42. The molecule has 1 fully saturated rings. The van der Waals surface area contributed by atoms with Crippen molar-refractivity contribution >= 4 is 11.9 Å². The second-order valence-corrected chi connectivity index (χ2v) is 6.52. The highest BCUT2D eigenvalue weighted by molar-refractivity contribution is 5.87. The van der Waals surface area contributed by atoms with Crippen LogP contribution in [0.1, 0.15) is 53.4 Å². The monoisotopic (exact) mass is 271 g/mol. The van der Waals surface area contributed by atoms with Gasteiger partial charge in [0.25, 0.3) is 0 Å². The van der Waals surface area contributed by atoms with Gasteiger partial charge in [-0.25, -0.2) is 4.79 Å². The summed E-state index contributed by atoms with van der Waals surface area (Å²) in [6, 6.07) is 0. The number of aliphatic carboxylic acids is 1. The van der Waals surface area contributed by atoms with Gasteiger partial charge >= 0.3 is 5.97 Å². The van der Waals surface area contributed by atoms with Gasteiger partial charge in [-0.2, -0.15) is 0 Å². The first-order valence-corrected chi connectivity index (χ1v) is 6.83. The third-order valence-electron chi connectivity index (χ3n) is 3.55. The summed E-state index contributed by atoms with van der Waals surface area (Å²) in [6.07, 6.45) is 2.63. The number of ether oxygens (including phenoxy) is 1. The normalized spacial score (nSPS) is 27.9. The fourth-order valence-electron chi connectivity index (χ4n) is 2.23. The summed E-state index contributed by atoms with van der Waals surface area (Å²) in [7, 11) is 0. The number of nitrogens with one attached hydrogen (secondary N) is 1. The molecule has 110 valence electrons. The van der Waals surface area contributed by atoms with Crippen LogP contribution in [-0.2, 0) is 14.3 Å². The molecule has 2 N–H and O–H groups in total. The maximum atomic E-state index is 11.8. The Morgan fingerprint density at radius 1 is 1.32 bits per heavy atom. The summed E-state index contributed by atoms with van der Waals surface area (Å²) >= 11 is 0. The van der Waals surface area contributed by atoms with Gasteiger partial charge in [-0.15, -0.1) is 0 Å². The molecule has 0 radical (unpaired) electrons. The second kappa shape index (κ2) is 5.90. The summed E-state index contributed by atoms with van der Waals surface area (Å²) in [5.41, 5.74) is -1.51. The number of carboxylic acid groups (broad SMARTS) is 1. The Morgan fingerprint density at radius 2 is 1.84 bits per heavy atom. The summed E-state index contributed by atoms with van der Waals surface area (Å²) in [4.78, 5) is 23.3. The van der Waals surface area contributed by atoms with Crippen LogP contribution < -0.4 is 5.32 Å². The van der Waals surface area contributed by atoms with Crippen molar-refractivity contribution in [2.24, 2.45) is 5.92 Å². The Bertz CT molecular complexity index is 338. The van der Waals surface area contributed by atoms with Crippen molar-refractivity contribution in [1.82, 2.24) is 5.32 Å². The average molecular weight is 271 g/mol. The van der Waals surface area contributed by atoms with Gasteiger partial charge in [-0.1, -0.05) is 6.92 Å². The molecule has 5 nitrogen and oxygen atoms in total. The lowest BCUT2D eigenvalue weighted by molar-refractivity contribution is -0.151. The zero-order valence-electron chi connectivity index (χ0n) is 12.3. The van der Waals surface area contributed by atoms with Crippen LogP contribution in [0, 0.1) is 5.92 Å². The SMILES string of the molecule is CC1CCC(NC(=O)COC(C)(C)C)(C(=O)O)CC1. The summed E-state index contributed by atoms with van der Waals surface area (Å²) in [6.45, 7) is 7.57. The number of carboxylic acids is 1. The van der Waals surface area contributed by atoms with Gasteiger partial charge in [0.05, 0.1) is 5.60 Å². The maximum Gasteiger partial charge on any atom is 0.329 e. The molecule has 1 rings (SSSR count). The van der Waals surface area contributed by atoms with E-state index in [4.69, 9.17) is 4.74 Å². The standard InChI is InChI=1S/C14H25NO4/c1-10-5-7-14(8-6-10,12(17)18)15-11(16)9-19-13(2,3)4/h10H,5-9H2,1-4H3,(H,15,16)(H,17,18). The largest absolute Gasteiger partial charge is 0.480 e. The quantitative estimate of drug-likeness (QED) is 0.819. The van der Waals surface area contributed by atoms with Crippen molar-refractivity contribution in [2.75, 3.05) is 6.61 Å². The molecule has 0 aromatic rings. The van der Waals surface area contributed by atoms with E-state index in [0.29, 0.717) is 18.8 Å². The van der Waals surface area contributed by atoms with Crippen LogP contribution >= 0.6 is 0 Å². The van der Waals surface area contributed by atoms with Gasteiger partial charge in [0.1, 0.15) is 12.1 Å². The van der Waals surface area contributed by atoms with Crippen molar-refractivity contribution in [3.8, 4) is 0 Å². The van der Waals surface area contributed by atoms with Gasteiger partial charge in [0, 0.05) is 0 Å². The zero-order valence-corrected chi connectivity index (χ0v) is 12.3. The number of carbonyl (C=O) groups is 2. The lowest BCUT2D eigenvalue weighted by atomic mass is 9.77. The Morgan fingerprint density at radius 3 is 2.26 bits per heavy atom. The zero-order chi connectivity index (χ0) is 14.7. The van der Waals surface area contributed by atoms with Crippen LogP contribution in [0.4, 0.5) is 0 Å². The van der Waals surface area contributed by atoms with Gasteiger partial charge in [0.2, 0.25) is 5.91 Å². The molecule has 1 saturated carbocycles. The van der Waals surface area contributed by atoms with E-state index in [-0.39, 0.29) is 12.5 Å². The van der Waals surface area contributed by atoms with Crippen LogP contribution in [0.5, 0.6) is 0 Å². The third-order valence-corrected chi connectivity index (χ3v) is 3.55. The van der Waals surface area contributed by atoms with Crippen LogP contribution in [-0.4, -0.2) is 34.7 Å². The van der Waals surface area contributed by atoms with Gasteiger partial charge in [0.15, 0.2) is 0 Å². The molecule has 5 heteroatoms. The molecule has 0 aromatic carbocycles. The second-order valence-electron chi connectivity index (χ2n) is 6.52. The van der Waals surface area contributed by atoms with Crippen LogP contribution in [0.2, 0.25) is 0 Å². The predicted octanol–water partition coefficient (Wildman–Crippen LogP) is 1.95. The first-order valence-electron chi connectivity index (χ1n) is 6.83. The van der Waals surface area contributed by atoms with Gasteiger partial charge in [-0.3, -0.25) is 4.79 Å². The van der Waals surface area contributed by atoms with Crippen molar-refractivity contribution in [3.05, 3.63) is 0 Å². The van der Waals surface area contributed by atoms with E-state index in [2.05, 4.69) is 12.2 Å². The van der Waals surface area contributed by atoms with Crippen molar-refractivity contribution in [3.63, 3.8) is 0 Å². The maximum absolute atomic E-state index is 11.8. The van der Waals surface area contributed by atoms with Crippen LogP contribution in [0.15, 0.2) is 0 Å². The molecule has 0 saturated heterocycles. The lowest BCUT2D eigenvalue weighted by Gasteiger charge is -2.36. The van der Waals surface area contributed by atoms with Crippen LogP contribution in [0.25, 0.3) is 0 Å². The van der Waals surface area contributed by atoms with Gasteiger partial charge < -0.3 is 15.2 Å². The Labute approximate surface area is 114 Å². The van der Waals surface area contributed by atoms with E-state index in [1.54, 1.807) is 0 Å². The molecule has 0 heterocycles. The molecule has 0 aromatic heterocycles. The first-order chi connectivity index (χ1) is 8.65. The molecule has 0 aliphatic heterocycles. The minimum absolute atomic E-state index is 0.103. The minimum atomic E-state index is -1.11. The van der Waals surface area contributed by atoms with E-state index >= 15 is 0 Å². The topological polar surface area (TPSA) is 75.6 Å². The molecule has 0 spiro atoms. The smallest absolute Gasteiger partial charge is 0.329 e. The predicted molar refractivity (Wildman–Crippen MR) is 71.8 cm³/mol. The summed E-state index contributed by atoms with van der Waals surface area (Å²) in [5, 5.41) is 12.1. The molecule has 1 aliphatic rings. The van der Waals surface area contributed by atoms with E-state index in [1.165, 1.54) is 0 Å². The van der Waals surface area contributed by atoms with Crippen molar-refractivity contribution < 1.29 is 19.4 Å². The van der Waals surface area contributed by atoms with E-state index < -0.39 is 17.1 Å². The number of hydrogen-bond acceptors (Lipinski definition) is 3. The van der Waals surface area contributed by atoms with Crippen LogP contribution in [0.3, 0.4) is 0 Å². The molecule has 0 unspecified atom stereocenters. The van der Waals surface area contributed by atoms with Gasteiger partial charge in [-0.05, 0) is 52.4 Å². The first kappa shape index (κ1) is 16.0. The molecular weight excluding hydrogens is 246 g/mol. The number of hydrogen-bond donors (Lipinski definition) is 2. The van der Waals surface area contributed by atoms with E-state index in [0.717, 1.165) is 12.8 Å². The summed E-state index contributed by atoms with van der Waals surface area (Å²) < 4.78 is 5.37. The summed E-state index contributed by atoms with van der Waals surface area (Å²) in [5.74, 6) is -0.773. The Kier molecular flexibility index (Phi) is 4.96. The van der Waals surface area contributed by atoms with E-state index in [9.17, 15) is 14.7 Å². The number of rotatable bonds is 4.